The van der Waals surface area contributed by atoms with Gasteiger partial charge in [-0.2, -0.15) is 0 Å². The minimum atomic E-state index is -0.613. The normalized spacial score (nSPS) is 12.1. The van der Waals surface area contributed by atoms with Gasteiger partial charge in [-0.25, -0.2) is 9.36 Å². The number of aromatic nitrogens is 1. The average molecular weight is 279 g/mol. The summed E-state index contributed by atoms with van der Waals surface area (Å²) in [6, 6.07) is 1.18. The minimum absolute atomic E-state index is 0.264. The van der Waals surface area contributed by atoms with Crippen molar-refractivity contribution in [1.82, 2.24) is 5.32 Å². The molecule has 1 atom stereocenters. The number of hydrogen-bond donors (Lipinski definition) is 1. The third kappa shape index (κ3) is 4.64. The third-order valence-corrected chi connectivity index (χ3v) is 2.89. The summed E-state index contributed by atoms with van der Waals surface area (Å²) in [5.41, 5.74) is 1.52. The monoisotopic (exact) mass is 279 g/mol. The van der Waals surface area contributed by atoms with Crippen molar-refractivity contribution in [3.8, 4) is 0 Å². The van der Waals surface area contributed by atoms with Gasteiger partial charge in [0, 0.05) is 5.56 Å². The standard InChI is InChI=1S/C15H22N2O3/c1-10(2)6-13(15(19)20-5)16-14(18)12-7-11(3)8-17(4)9-12/h7-10,13H,6H2,1-5H3/p+1. The van der Waals surface area contributed by atoms with Gasteiger partial charge < -0.3 is 10.1 Å². The van der Waals surface area contributed by atoms with Crippen LogP contribution < -0.4 is 9.88 Å². The number of methoxy groups -OCH3 is 1. The van der Waals surface area contributed by atoms with E-state index in [1.54, 1.807) is 12.3 Å². The van der Waals surface area contributed by atoms with Gasteiger partial charge in [0.05, 0.1) is 7.11 Å². The van der Waals surface area contributed by atoms with E-state index in [0.29, 0.717) is 12.0 Å². The van der Waals surface area contributed by atoms with E-state index < -0.39 is 12.0 Å². The van der Waals surface area contributed by atoms with E-state index in [2.05, 4.69) is 5.32 Å². The van der Waals surface area contributed by atoms with Crippen LogP contribution in [0.2, 0.25) is 0 Å². The van der Waals surface area contributed by atoms with E-state index in [1.165, 1.54) is 7.11 Å². The van der Waals surface area contributed by atoms with Gasteiger partial charge in [-0.05, 0) is 25.3 Å². The maximum Gasteiger partial charge on any atom is 0.328 e. The largest absolute Gasteiger partial charge is 0.467 e. The Hall–Kier alpha value is -1.91. The van der Waals surface area contributed by atoms with Gasteiger partial charge in [-0.3, -0.25) is 4.79 Å². The van der Waals surface area contributed by atoms with Crippen LogP contribution in [0.1, 0.15) is 36.2 Å². The molecule has 1 rings (SSSR count). The fraction of sp³-hybridized carbons (Fsp3) is 0.533. The Morgan fingerprint density at radius 2 is 2.00 bits per heavy atom. The van der Waals surface area contributed by atoms with E-state index in [0.717, 1.165) is 5.56 Å². The molecule has 0 radical (unpaired) electrons. The predicted octanol–water partition coefficient (Wildman–Crippen LogP) is 1.14. The predicted molar refractivity (Wildman–Crippen MR) is 75.1 cm³/mol. The molecule has 1 heterocycles. The Morgan fingerprint density at radius 1 is 1.35 bits per heavy atom. The molecule has 0 aliphatic rings. The van der Waals surface area contributed by atoms with Crippen LogP contribution in [0.25, 0.3) is 0 Å². The molecular weight excluding hydrogens is 256 g/mol. The lowest BCUT2D eigenvalue weighted by Gasteiger charge is -2.18. The summed E-state index contributed by atoms with van der Waals surface area (Å²) in [6.07, 6.45) is 4.20. The zero-order chi connectivity index (χ0) is 15.3. The van der Waals surface area contributed by atoms with Gasteiger partial charge in [0.1, 0.15) is 18.7 Å². The van der Waals surface area contributed by atoms with Crippen molar-refractivity contribution in [2.24, 2.45) is 13.0 Å². The lowest BCUT2D eigenvalue weighted by atomic mass is 10.0. The molecule has 0 aromatic carbocycles. The van der Waals surface area contributed by atoms with E-state index in [4.69, 9.17) is 4.74 Å². The molecule has 0 saturated carbocycles. The van der Waals surface area contributed by atoms with Crippen molar-refractivity contribution in [3.05, 3.63) is 29.6 Å². The summed E-state index contributed by atoms with van der Waals surface area (Å²) in [6.45, 7) is 5.91. The van der Waals surface area contributed by atoms with Crippen LogP contribution in [-0.2, 0) is 16.6 Å². The Morgan fingerprint density at radius 3 is 2.50 bits per heavy atom. The fourth-order valence-electron chi connectivity index (χ4n) is 2.09. The molecule has 110 valence electrons. The zero-order valence-corrected chi connectivity index (χ0v) is 12.8. The van der Waals surface area contributed by atoms with Crippen molar-refractivity contribution in [1.29, 1.82) is 0 Å². The second kappa shape index (κ2) is 7.03. The van der Waals surface area contributed by atoms with Gasteiger partial charge in [0.15, 0.2) is 12.4 Å². The smallest absolute Gasteiger partial charge is 0.328 e. The third-order valence-electron chi connectivity index (χ3n) is 2.89. The molecule has 1 unspecified atom stereocenters. The number of esters is 1. The first-order valence-corrected chi connectivity index (χ1v) is 6.69. The Labute approximate surface area is 119 Å². The summed E-state index contributed by atoms with van der Waals surface area (Å²) in [5, 5.41) is 2.74. The van der Waals surface area contributed by atoms with Crippen LogP contribution in [0.5, 0.6) is 0 Å². The number of rotatable bonds is 5. The molecule has 1 amide bonds. The van der Waals surface area contributed by atoms with Gasteiger partial charge in [-0.1, -0.05) is 13.8 Å². The van der Waals surface area contributed by atoms with Crippen LogP contribution in [0, 0.1) is 12.8 Å². The Balaban J connectivity index is 2.87. The maximum atomic E-state index is 12.2. The molecule has 0 aliphatic carbocycles. The fourth-order valence-corrected chi connectivity index (χ4v) is 2.09. The van der Waals surface area contributed by atoms with Crippen molar-refractivity contribution in [2.45, 2.75) is 33.2 Å². The first kappa shape index (κ1) is 16.1. The summed E-state index contributed by atoms with van der Waals surface area (Å²) in [5.74, 6) is -0.391. The molecule has 5 nitrogen and oxygen atoms in total. The molecule has 1 N–H and O–H groups in total. The molecule has 0 aliphatic heterocycles. The molecule has 20 heavy (non-hydrogen) atoms. The van der Waals surface area contributed by atoms with Crippen LogP contribution >= 0.6 is 0 Å². The molecule has 0 saturated heterocycles. The number of pyridine rings is 1. The second-order valence-corrected chi connectivity index (χ2v) is 5.45. The number of amides is 1. The molecular formula is C15H23N2O3+. The van der Waals surface area contributed by atoms with Gasteiger partial charge in [0.25, 0.3) is 5.91 Å². The van der Waals surface area contributed by atoms with Crippen molar-refractivity contribution in [2.75, 3.05) is 7.11 Å². The highest BCUT2D eigenvalue weighted by atomic mass is 16.5. The number of carbonyl (C=O) groups excluding carboxylic acids is 2. The highest BCUT2D eigenvalue weighted by molar-refractivity contribution is 5.96. The maximum absolute atomic E-state index is 12.2. The van der Waals surface area contributed by atoms with Crippen LogP contribution in [0.15, 0.2) is 18.5 Å². The summed E-state index contributed by atoms with van der Waals surface area (Å²) in [4.78, 5) is 23.9. The lowest BCUT2D eigenvalue weighted by Crippen LogP contribution is -2.43. The number of aryl methyl sites for hydroxylation is 2. The lowest BCUT2D eigenvalue weighted by molar-refractivity contribution is -0.672. The van der Waals surface area contributed by atoms with Crippen molar-refractivity contribution < 1.29 is 18.9 Å². The van der Waals surface area contributed by atoms with Crippen molar-refractivity contribution in [3.63, 3.8) is 0 Å². The van der Waals surface area contributed by atoms with Crippen LogP contribution in [-0.4, -0.2) is 25.0 Å². The number of ether oxygens (including phenoxy) is 1. The number of hydrogen-bond acceptors (Lipinski definition) is 3. The van der Waals surface area contributed by atoms with E-state index >= 15 is 0 Å². The summed E-state index contributed by atoms with van der Waals surface area (Å²) >= 11 is 0. The SMILES string of the molecule is COC(=O)C(CC(C)C)NC(=O)c1cc(C)c[n+](C)c1. The highest BCUT2D eigenvalue weighted by Crippen LogP contribution is 2.08. The Bertz CT molecular complexity index is 478. The van der Waals surface area contributed by atoms with Crippen LogP contribution in [0.4, 0.5) is 0 Å². The molecule has 5 heteroatoms. The summed E-state index contributed by atoms with van der Waals surface area (Å²) < 4.78 is 6.56. The van der Waals surface area contributed by atoms with E-state index in [-0.39, 0.29) is 11.8 Å². The van der Waals surface area contributed by atoms with Gasteiger partial charge in [-0.15, -0.1) is 0 Å². The second-order valence-electron chi connectivity index (χ2n) is 5.45. The minimum Gasteiger partial charge on any atom is -0.467 e. The van der Waals surface area contributed by atoms with Gasteiger partial charge >= 0.3 is 5.97 Å². The topological polar surface area (TPSA) is 59.3 Å². The molecule has 1 aromatic rings. The average Bonchev–Trinajstić information content (AvgIpc) is 2.35. The summed E-state index contributed by atoms with van der Waals surface area (Å²) in [7, 11) is 3.18. The van der Waals surface area contributed by atoms with Gasteiger partial charge in [0.2, 0.25) is 0 Å². The van der Waals surface area contributed by atoms with Crippen molar-refractivity contribution >= 4 is 11.9 Å². The number of carbonyl (C=O) groups is 2. The quantitative estimate of drug-likeness (QED) is 0.649. The number of nitrogens with one attached hydrogen (secondary N) is 1. The van der Waals surface area contributed by atoms with E-state index in [9.17, 15) is 9.59 Å². The van der Waals surface area contributed by atoms with Crippen LogP contribution in [0.3, 0.4) is 0 Å². The molecule has 0 fully saturated rings. The molecule has 0 spiro atoms. The highest BCUT2D eigenvalue weighted by Gasteiger charge is 2.24. The Kier molecular flexibility index (Phi) is 5.67. The van der Waals surface area contributed by atoms with E-state index in [1.807, 2.05) is 38.6 Å². The first-order valence-electron chi connectivity index (χ1n) is 6.69. The number of nitrogens with zero attached hydrogens (tertiary/aromatic N) is 1. The molecule has 1 aromatic heterocycles. The first-order chi connectivity index (χ1) is 9.33. The molecule has 0 bridgehead atoms. The zero-order valence-electron chi connectivity index (χ0n) is 12.8.